The van der Waals surface area contributed by atoms with Gasteiger partial charge in [-0.1, -0.05) is 12.1 Å². The lowest BCUT2D eigenvalue weighted by atomic mass is 10.0. The lowest BCUT2D eigenvalue weighted by molar-refractivity contribution is -0.126. The number of rotatable bonds is 5. The van der Waals surface area contributed by atoms with Crippen molar-refractivity contribution in [3.05, 3.63) is 65.5 Å². The zero-order chi connectivity index (χ0) is 19.4. The van der Waals surface area contributed by atoms with E-state index in [4.69, 9.17) is 9.47 Å². The van der Waals surface area contributed by atoms with Crippen LogP contribution in [0.15, 0.2) is 48.5 Å². The second-order valence-electron chi connectivity index (χ2n) is 6.63. The molecule has 2 aromatic carbocycles. The maximum absolute atomic E-state index is 13.1. The molecule has 142 valence electrons. The Kier molecular flexibility index (Phi) is 5.79. The first-order chi connectivity index (χ1) is 13.0. The maximum atomic E-state index is 13.1. The van der Waals surface area contributed by atoms with Crippen molar-refractivity contribution in [2.24, 2.45) is 0 Å². The number of carbonyl (C=O) groups is 1. The van der Waals surface area contributed by atoms with E-state index in [1.54, 1.807) is 32.4 Å². The topological polar surface area (TPSA) is 38.8 Å². The van der Waals surface area contributed by atoms with E-state index in [0.29, 0.717) is 6.54 Å². The Morgan fingerprint density at radius 2 is 1.89 bits per heavy atom. The molecule has 1 aliphatic heterocycles. The third-order valence-corrected chi connectivity index (χ3v) is 4.97. The van der Waals surface area contributed by atoms with Gasteiger partial charge in [0, 0.05) is 18.2 Å². The molecule has 27 heavy (non-hydrogen) atoms. The fourth-order valence-corrected chi connectivity index (χ4v) is 3.52. The van der Waals surface area contributed by atoms with Crippen LogP contribution < -0.4 is 9.47 Å². The van der Waals surface area contributed by atoms with Crippen LogP contribution in [-0.2, 0) is 4.79 Å². The standard InChI is InChI=1S/C22H24FNO3/c1-15(16-6-8-17(23)9-7-16)13-22(25)24-12-4-5-20(24)19-14-18(26-2)10-11-21(19)27-3/h6-11,13-14,20H,4-5,12H2,1-3H3/b15-13-. The summed E-state index contributed by atoms with van der Waals surface area (Å²) in [6.07, 6.45) is 3.43. The minimum Gasteiger partial charge on any atom is -0.497 e. The van der Waals surface area contributed by atoms with Crippen molar-refractivity contribution in [3.63, 3.8) is 0 Å². The number of nitrogens with zero attached hydrogens (tertiary/aromatic N) is 1. The van der Waals surface area contributed by atoms with E-state index in [0.717, 1.165) is 41.0 Å². The van der Waals surface area contributed by atoms with E-state index in [1.807, 2.05) is 30.0 Å². The number of carbonyl (C=O) groups excluding carboxylic acids is 1. The largest absolute Gasteiger partial charge is 0.497 e. The van der Waals surface area contributed by atoms with Crippen LogP contribution in [-0.4, -0.2) is 31.6 Å². The summed E-state index contributed by atoms with van der Waals surface area (Å²) in [5.74, 6) is 1.15. The van der Waals surface area contributed by atoms with Gasteiger partial charge in [0.05, 0.1) is 20.3 Å². The molecule has 1 amide bonds. The summed E-state index contributed by atoms with van der Waals surface area (Å²) in [5, 5.41) is 0. The maximum Gasteiger partial charge on any atom is 0.247 e. The summed E-state index contributed by atoms with van der Waals surface area (Å²) in [5.41, 5.74) is 2.60. The molecule has 0 aliphatic carbocycles. The molecule has 0 bridgehead atoms. The van der Waals surface area contributed by atoms with Crippen LogP contribution in [0.3, 0.4) is 0 Å². The second kappa shape index (κ2) is 8.25. The van der Waals surface area contributed by atoms with Gasteiger partial charge in [-0.05, 0) is 61.2 Å². The summed E-state index contributed by atoms with van der Waals surface area (Å²) < 4.78 is 24.0. The van der Waals surface area contributed by atoms with Gasteiger partial charge in [-0.3, -0.25) is 4.79 Å². The summed E-state index contributed by atoms with van der Waals surface area (Å²) >= 11 is 0. The van der Waals surface area contributed by atoms with Crippen molar-refractivity contribution in [2.75, 3.05) is 20.8 Å². The molecule has 0 spiro atoms. The van der Waals surface area contributed by atoms with Crippen LogP contribution in [0.2, 0.25) is 0 Å². The highest BCUT2D eigenvalue weighted by molar-refractivity contribution is 5.95. The highest BCUT2D eigenvalue weighted by Crippen LogP contribution is 2.39. The van der Waals surface area contributed by atoms with Gasteiger partial charge in [0.1, 0.15) is 17.3 Å². The van der Waals surface area contributed by atoms with E-state index in [-0.39, 0.29) is 17.8 Å². The number of halogens is 1. The van der Waals surface area contributed by atoms with Crippen molar-refractivity contribution in [2.45, 2.75) is 25.8 Å². The number of ether oxygens (including phenoxy) is 2. The molecule has 1 atom stereocenters. The second-order valence-corrected chi connectivity index (χ2v) is 6.63. The monoisotopic (exact) mass is 369 g/mol. The van der Waals surface area contributed by atoms with Gasteiger partial charge in [0.25, 0.3) is 0 Å². The predicted molar refractivity (Wildman–Crippen MR) is 103 cm³/mol. The van der Waals surface area contributed by atoms with E-state index >= 15 is 0 Å². The van der Waals surface area contributed by atoms with Gasteiger partial charge in [-0.2, -0.15) is 0 Å². The quantitative estimate of drug-likeness (QED) is 0.723. The van der Waals surface area contributed by atoms with Gasteiger partial charge in [0.2, 0.25) is 5.91 Å². The fourth-order valence-electron chi connectivity index (χ4n) is 3.52. The van der Waals surface area contributed by atoms with Gasteiger partial charge >= 0.3 is 0 Å². The molecule has 1 aliphatic rings. The number of hydrogen-bond donors (Lipinski definition) is 0. The summed E-state index contributed by atoms with van der Waals surface area (Å²) in [6.45, 7) is 2.55. The molecule has 1 fully saturated rings. The smallest absolute Gasteiger partial charge is 0.247 e. The van der Waals surface area contributed by atoms with Gasteiger partial charge in [0.15, 0.2) is 0 Å². The van der Waals surface area contributed by atoms with Crippen molar-refractivity contribution < 1.29 is 18.7 Å². The third kappa shape index (κ3) is 4.13. The van der Waals surface area contributed by atoms with Crippen molar-refractivity contribution in [1.82, 2.24) is 4.90 Å². The van der Waals surface area contributed by atoms with Crippen molar-refractivity contribution >= 4 is 11.5 Å². The van der Waals surface area contributed by atoms with Crippen molar-refractivity contribution in [3.8, 4) is 11.5 Å². The third-order valence-electron chi connectivity index (χ3n) is 4.97. The molecule has 5 heteroatoms. The molecule has 0 saturated carbocycles. The molecule has 3 rings (SSSR count). The fraction of sp³-hybridized carbons (Fsp3) is 0.318. The van der Waals surface area contributed by atoms with E-state index in [9.17, 15) is 9.18 Å². The Hall–Kier alpha value is -2.82. The summed E-state index contributed by atoms with van der Waals surface area (Å²) in [7, 11) is 3.25. The highest BCUT2D eigenvalue weighted by Gasteiger charge is 2.31. The first-order valence-corrected chi connectivity index (χ1v) is 9.00. The Morgan fingerprint density at radius 1 is 1.15 bits per heavy atom. The lowest BCUT2D eigenvalue weighted by Crippen LogP contribution is -2.29. The van der Waals surface area contributed by atoms with E-state index in [2.05, 4.69) is 0 Å². The number of likely N-dealkylation sites (tertiary alicyclic amines) is 1. The molecular weight excluding hydrogens is 345 g/mol. The van der Waals surface area contributed by atoms with E-state index < -0.39 is 0 Å². The van der Waals surface area contributed by atoms with Crippen LogP contribution >= 0.6 is 0 Å². The van der Waals surface area contributed by atoms with Crippen LogP contribution in [0.5, 0.6) is 11.5 Å². The highest BCUT2D eigenvalue weighted by atomic mass is 19.1. The van der Waals surface area contributed by atoms with Crippen LogP contribution in [0, 0.1) is 5.82 Å². The zero-order valence-corrected chi connectivity index (χ0v) is 15.9. The van der Waals surface area contributed by atoms with Crippen molar-refractivity contribution in [1.29, 1.82) is 0 Å². The van der Waals surface area contributed by atoms with Crippen LogP contribution in [0.1, 0.15) is 36.9 Å². The average molecular weight is 369 g/mol. The minimum absolute atomic E-state index is 0.0517. The number of benzene rings is 2. The number of methoxy groups -OCH3 is 2. The molecule has 4 nitrogen and oxygen atoms in total. The molecule has 0 radical (unpaired) electrons. The Labute approximate surface area is 159 Å². The molecule has 1 unspecified atom stereocenters. The normalized spacial score (nSPS) is 17.1. The molecule has 1 heterocycles. The molecule has 0 N–H and O–H groups in total. The Bertz CT molecular complexity index is 845. The van der Waals surface area contributed by atoms with Crippen LogP contribution in [0.25, 0.3) is 5.57 Å². The first-order valence-electron chi connectivity index (χ1n) is 9.00. The van der Waals surface area contributed by atoms with Gasteiger partial charge < -0.3 is 14.4 Å². The van der Waals surface area contributed by atoms with Gasteiger partial charge in [-0.25, -0.2) is 4.39 Å². The molecular formula is C22H24FNO3. The molecule has 1 saturated heterocycles. The van der Waals surface area contributed by atoms with E-state index in [1.165, 1.54) is 12.1 Å². The molecule has 0 aromatic heterocycles. The summed E-state index contributed by atoms with van der Waals surface area (Å²) in [6, 6.07) is 11.8. The minimum atomic E-state index is -0.289. The SMILES string of the molecule is COc1ccc(OC)c(C2CCCN2C(=O)/C=C(/C)c2ccc(F)cc2)c1. The average Bonchev–Trinajstić information content (AvgIpc) is 3.17. The Morgan fingerprint density at radius 3 is 2.56 bits per heavy atom. The Balaban J connectivity index is 1.87. The first kappa shape index (κ1) is 19.0. The lowest BCUT2D eigenvalue weighted by Gasteiger charge is -2.26. The summed E-state index contributed by atoms with van der Waals surface area (Å²) in [4.78, 5) is 14.8. The van der Waals surface area contributed by atoms with Gasteiger partial charge in [-0.15, -0.1) is 0 Å². The van der Waals surface area contributed by atoms with Crippen LogP contribution in [0.4, 0.5) is 4.39 Å². The number of amides is 1. The zero-order valence-electron chi connectivity index (χ0n) is 15.9. The number of hydrogen-bond acceptors (Lipinski definition) is 3. The number of allylic oxidation sites excluding steroid dienone is 1. The molecule has 2 aromatic rings. The predicted octanol–water partition coefficient (Wildman–Crippen LogP) is 4.61.